The lowest BCUT2D eigenvalue weighted by Gasteiger charge is -2.42. The molecule has 3 aliphatic carbocycles. The maximum absolute atomic E-state index is 6.58. The maximum Gasteiger partial charge on any atom is 0.203 e. The van der Waals surface area contributed by atoms with Crippen molar-refractivity contribution in [2.45, 2.75) is 85.9 Å². The summed E-state index contributed by atoms with van der Waals surface area (Å²) in [7, 11) is 2.09. The van der Waals surface area contributed by atoms with Crippen LogP contribution in [0.4, 0.5) is 5.69 Å². The smallest absolute Gasteiger partial charge is 0.203 e. The van der Waals surface area contributed by atoms with Crippen LogP contribution in [0.25, 0.3) is 5.57 Å². The zero-order chi connectivity index (χ0) is 34.9. The van der Waals surface area contributed by atoms with E-state index in [9.17, 15) is 0 Å². The van der Waals surface area contributed by atoms with E-state index in [4.69, 9.17) is 9.73 Å². The highest BCUT2D eigenvalue weighted by atomic mass is 16.5. The maximum atomic E-state index is 6.58. The van der Waals surface area contributed by atoms with E-state index in [2.05, 4.69) is 131 Å². The number of hydrogen-bond donors (Lipinski definition) is 0. The lowest BCUT2D eigenvalue weighted by molar-refractivity contribution is 0.312. The van der Waals surface area contributed by atoms with E-state index in [0.29, 0.717) is 6.42 Å². The second kappa shape index (κ2) is 13.7. The molecule has 1 atom stereocenters. The average Bonchev–Trinajstić information content (AvgIpc) is 3.19. The highest BCUT2D eigenvalue weighted by Crippen LogP contribution is 2.50. The molecule has 0 aromatic heterocycles. The molecule has 6 rings (SSSR count). The Hall–Kier alpha value is -5.19. The normalized spacial score (nSPS) is 21.6. The third-order valence-corrected chi connectivity index (χ3v) is 10.1. The Bertz CT molecular complexity index is 2070. The Morgan fingerprint density at radius 3 is 2.55 bits per heavy atom. The second-order valence-corrected chi connectivity index (χ2v) is 13.7. The van der Waals surface area contributed by atoms with Crippen LogP contribution in [-0.4, -0.2) is 23.9 Å². The molecule has 1 unspecified atom stereocenters. The van der Waals surface area contributed by atoms with Gasteiger partial charge in [0.1, 0.15) is 11.5 Å². The Labute approximate surface area is 293 Å². The van der Waals surface area contributed by atoms with Gasteiger partial charge in [0.05, 0.1) is 0 Å². The number of benzene rings is 2. The number of likely N-dealkylation sites (N-methyl/N-ethyl adjacent to an activating group) is 1. The molecule has 0 saturated heterocycles. The number of nitrogens with zero attached hydrogens (tertiary/aromatic N) is 3. The largest absolute Gasteiger partial charge is 0.456 e. The SMILES string of the molecule is C=C1/C(C)=C(\C=C/C)Oc2ccccc2C(C)=NC(N(C2=C(C)CCC#CCC=C2)c2cc3c(cc2C)C2=C(C=CCC#C2)C3(C)C)N1C. The lowest BCUT2D eigenvalue weighted by atomic mass is 9.80. The first-order chi connectivity index (χ1) is 23.5. The predicted octanol–water partition coefficient (Wildman–Crippen LogP) is 10.3. The number of aliphatic imine (C=N–C) groups is 1. The first-order valence-corrected chi connectivity index (χ1v) is 17.3. The second-order valence-electron chi connectivity index (χ2n) is 13.7. The van der Waals surface area contributed by atoms with E-state index in [1.807, 2.05) is 37.3 Å². The molecule has 0 fully saturated rings. The van der Waals surface area contributed by atoms with Crippen molar-refractivity contribution in [2.24, 2.45) is 4.99 Å². The van der Waals surface area contributed by atoms with Crippen LogP contribution in [0, 0.1) is 30.6 Å². The Balaban J connectivity index is 1.64. The van der Waals surface area contributed by atoms with Gasteiger partial charge in [-0.3, -0.25) is 0 Å². The number of hydrogen-bond acceptors (Lipinski definition) is 4. The summed E-state index contributed by atoms with van der Waals surface area (Å²) in [5.74, 6) is 15.1. The molecule has 0 radical (unpaired) electrons. The fourth-order valence-corrected chi connectivity index (χ4v) is 7.13. The molecule has 4 aliphatic rings. The summed E-state index contributed by atoms with van der Waals surface area (Å²) in [6.45, 7) is 19.9. The third kappa shape index (κ3) is 6.25. The van der Waals surface area contributed by atoms with Crippen LogP contribution in [0.3, 0.4) is 0 Å². The summed E-state index contributed by atoms with van der Waals surface area (Å²) >= 11 is 0. The molecule has 2 aromatic carbocycles. The Morgan fingerprint density at radius 1 is 1.00 bits per heavy atom. The summed E-state index contributed by atoms with van der Waals surface area (Å²) in [4.78, 5) is 10.2. The molecule has 0 saturated carbocycles. The molecule has 248 valence electrons. The Morgan fingerprint density at radius 2 is 1.76 bits per heavy atom. The van der Waals surface area contributed by atoms with E-state index in [0.717, 1.165) is 75.8 Å². The molecule has 0 N–H and O–H groups in total. The minimum absolute atomic E-state index is 0.207. The fourth-order valence-electron chi connectivity index (χ4n) is 7.13. The van der Waals surface area contributed by atoms with Gasteiger partial charge in [0.2, 0.25) is 6.29 Å². The first kappa shape index (κ1) is 33.7. The molecule has 4 nitrogen and oxygen atoms in total. The van der Waals surface area contributed by atoms with Crippen molar-refractivity contribution < 1.29 is 4.74 Å². The van der Waals surface area contributed by atoms with Crippen molar-refractivity contribution in [1.29, 1.82) is 0 Å². The number of fused-ring (bicyclic) bond motifs is 3. The summed E-state index contributed by atoms with van der Waals surface area (Å²) in [6, 6.07) is 12.9. The van der Waals surface area contributed by atoms with Crippen molar-refractivity contribution in [3.8, 4) is 29.4 Å². The van der Waals surface area contributed by atoms with Crippen LogP contribution in [0.15, 0.2) is 118 Å². The lowest BCUT2D eigenvalue weighted by Crippen LogP contribution is -2.46. The molecular weight excluding hydrogens is 599 g/mol. The van der Waals surface area contributed by atoms with Crippen LogP contribution in [0.1, 0.15) is 89.5 Å². The average molecular weight is 646 g/mol. The van der Waals surface area contributed by atoms with Gasteiger partial charge in [-0.1, -0.05) is 74.6 Å². The van der Waals surface area contributed by atoms with E-state index in [-0.39, 0.29) is 5.41 Å². The minimum atomic E-state index is -0.469. The van der Waals surface area contributed by atoms with Gasteiger partial charge in [-0.05, 0) is 105 Å². The number of ether oxygens (including phenoxy) is 1. The predicted molar refractivity (Wildman–Crippen MR) is 206 cm³/mol. The molecule has 0 amide bonds. The highest BCUT2D eigenvalue weighted by Gasteiger charge is 2.39. The first-order valence-electron chi connectivity index (χ1n) is 17.3. The van der Waals surface area contributed by atoms with Gasteiger partial charge in [0.15, 0.2) is 0 Å². The van der Waals surface area contributed by atoms with Crippen LogP contribution in [0.5, 0.6) is 5.75 Å². The molecule has 1 aliphatic heterocycles. The number of allylic oxidation sites excluding steroid dienone is 10. The van der Waals surface area contributed by atoms with E-state index in [1.54, 1.807) is 0 Å². The standard InChI is InChI=1S/C45H47N3O/c1-10-21-42-32(4)34(6)47(9)44(46-33(5)35-23-19-20-27-43(35)49-42)48(40-26-18-13-11-12-15-22-30(40)2)41-29-39-37(28-31(41)3)36-24-16-14-17-25-38(36)45(39,7)8/h10,17-21,23,25-29,44H,6,13-15,22H2,1-5,7-9H3/b21-10-,26-18?,40-30?,42-32+,46-33?. The van der Waals surface area contributed by atoms with Crippen molar-refractivity contribution in [2.75, 3.05) is 11.9 Å². The Kier molecular flexibility index (Phi) is 9.45. The third-order valence-electron chi connectivity index (χ3n) is 10.1. The van der Waals surface area contributed by atoms with Gasteiger partial charge < -0.3 is 14.5 Å². The number of rotatable bonds is 4. The molecule has 0 bridgehead atoms. The van der Waals surface area contributed by atoms with Gasteiger partial charge in [0, 0.05) is 71.2 Å². The number of anilines is 1. The zero-order valence-corrected chi connectivity index (χ0v) is 30.3. The van der Waals surface area contributed by atoms with Gasteiger partial charge in [0.25, 0.3) is 0 Å². The van der Waals surface area contributed by atoms with Crippen molar-refractivity contribution in [3.63, 3.8) is 0 Å². The van der Waals surface area contributed by atoms with E-state index in [1.165, 1.54) is 22.3 Å². The molecule has 4 heteroatoms. The quantitative estimate of drug-likeness (QED) is 0.310. The van der Waals surface area contributed by atoms with Gasteiger partial charge in [-0.15, -0.1) is 5.92 Å². The minimum Gasteiger partial charge on any atom is -0.456 e. The van der Waals surface area contributed by atoms with Crippen molar-refractivity contribution >= 4 is 17.0 Å². The topological polar surface area (TPSA) is 28.1 Å². The van der Waals surface area contributed by atoms with Gasteiger partial charge in [-0.2, -0.15) is 0 Å². The van der Waals surface area contributed by atoms with E-state index >= 15 is 0 Å². The van der Waals surface area contributed by atoms with Crippen molar-refractivity contribution in [3.05, 3.63) is 136 Å². The molecule has 2 aromatic rings. The molecule has 1 heterocycles. The molecular formula is C45H47N3O. The number of para-hydroxylation sites is 1. The molecule has 0 spiro atoms. The van der Waals surface area contributed by atoms with Gasteiger partial charge in [-0.25, -0.2) is 4.99 Å². The summed E-state index contributed by atoms with van der Waals surface area (Å²) in [5, 5.41) is 0. The van der Waals surface area contributed by atoms with Crippen LogP contribution in [-0.2, 0) is 5.41 Å². The zero-order valence-electron chi connectivity index (χ0n) is 30.3. The van der Waals surface area contributed by atoms with Crippen molar-refractivity contribution in [1.82, 2.24) is 4.90 Å². The number of aryl methyl sites for hydroxylation is 1. The van der Waals surface area contributed by atoms with Crippen LogP contribution < -0.4 is 9.64 Å². The molecule has 49 heavy (non-hydrogen) atoms. The van der Waals surface area contributed by atoms with Crippen LogP contribution >= 0.6 is 0 Å². The van der Waals surface area contributed by atoms with Gasteiger partial charge >= 0.3 is 0 Å². The summed E-state index contributed by atoms with van der Waals surface area (Å²) in [6.07, 6.45) is 15.6. The summed E-state index contributed by atoms with van der Waals surface area (Å²) < 4.78 is 6.58. The van der Waals surface area contributed by atoms with Crippen LogP contribution in [0.2, 0.25) is 0 Å². The fraction of sp³-hybridized carbons (Fsp3) is 0.311. The van der Waals surface area contributed by atoms with E-state index < -0.39 is 6.29 Å². The summed E-state index contributed by atoms with van der Waals surface area (Å²) in [5.41, 5.74) is 13.0. The highest BCUT2D eigenvalue weighted by molar-refractivity contribution is 6.01. The monoisotopic (exact) mass is 645 g/mol.